The zero-order chi connectivity index (χ0) is 14.6. The van der Waals surface area contributed by atoms with Crippen molar-refractivity contribution < 1.29 is 9.59 Å². The highest BCUT2D eigenvalue weighted by molar-refractivity contribution is 7.80. The quantitative estimate of drug-likeness (QED) is 0.316. The van der Waals surface area contributed by atoms with E-state index < -0.39 is 11.8 Å². The third-order valence-electron chi connectivity index (χ3n) is 2.48. The molecule has 0 aromatic carbocycles. The monoisotopic (exact) mass is 368 g/mol. The standard InChI is InChI=1S/C13H20N4O2S.2ClH/c18-12(16-7-2-1-5-14-8-9-20)13(19)17-11-4-3-6-15-10-11;;/h3-4,6,10,14,20H,1-2,5,7-9H2,(H,16,18)(H,17,19);2*1H. The van der Waals surface area contributed by atoms with Crippen LogP contribution in [0.1, 0.15) is 12.8 Å². The Morgan fingerprint density at radius 3 is 2.45 bits per heavy atom. The average molecular weight is 369 g/mol. The van der Waals surface area contributed by atoms with Crippen molar-refractivity contribution in [1.82, 2.24) is 15.6 Å². The first-order chi connectivity index (χ1) is 9.74. The molecule has 0 radical (unpaired) electrons. The summed E-state index contributed by atoms with van der Waals surface area (Å²) in [4.78, 5) is 26.9. The van der Waals surface area contributed by atoms with Crippen LogP contribution in [0.5, 0.6) is 0 Å². The number of pyridine rings is 1. The molecule has 0 unspecified atom stereocenters. The average Bonchev–Trinajstić information content (AvgIpc) is 2.47. The molecular weight excluding hydrogens is 347 g/mol. The Labute approximate surface area is 148 Å². The van der Waals surface area contributed by atoms with Crippen LogP contribution < -0.4 is 16.0 Å². The van der Waals surface area contributed by atoms with E-state index in [1.54, 1.807) is 18.3 Å². The summed E-state index contributed by atoms with van der Waals surface area (Å²) in [6.45, 7) is 2.25. The summed E-state index contributed by atoms with van der Waals surface area (Å²) in [5, 5.41) is 8.26. The Bertz CT molecular complexity index is 424. The van der Waals surface area contributed by atoms with Crippen molar-refractivity contribution >= 4 is 54.9 Å². The molecule has 0 fully saturated rings. The Morgan fingerprint density at radius 2 is 1.82 bits per heavy atom. The van der Waals surface area contributed by atoms with E-state index in [-0.39, 0.29) is 24.8 Å². The van der Waals surface area contributed by atoms with Crippen LogP contribution in [-0.4, -0.2) is 42.2 Å². The highest BCUT2D eigenvalue weighted by Crippen LogP contribution is 2.01. The lowest BCUT2D eigenvalue weighted by atomic mass is 10.3. The van der Waals surface area contributed by atoms with Crippen molar-refractivity contribution in [2.45, 2.75) is 12.8 Å². The molecule has 0 spiro atoms. The summed E-state index contributed by atoms with van der Waals surface area (Å²) >= 11 is 4.09. The smallest absolute Gasteiger partial charge is 0.313 e. The lowest BCUT2D eigenvalue weighted by Crippen LogP contribution is -2.36. The number of halogens is 2. The predicted molar refractivity (Wildman–Crippen MR) is 96.3 cm³/mol. The predicted octanol–water partition coefficient (Wildman–Crippen LogP) is 1.28. The van der Waals surface area contributed by atoms with Gasteiger partial charge in [0, 0.05) is 25.0 Å². The van der Waals surface area contributed by atoms with Gasteiger partial charge in [0.05, 0.1) is 11.9 Å². The van der Waals surface area contributed by atoms with Crippen LogP contribution in [0.2, 0.25) is 0 Å². The molecule has 1 aromatic heterocycles. The zero-order valence-electron chi connectivity index (χ0n) is 12.1. The Balaban J connectivity index is 0. The molecule has 3 N–H and O–H groups in total. The first kappa shape index (κ1) is 23.2. The van der Waals surface area contributed by atoms with Crippen LogP contribution in [0.15, 0.2) is 24.5 Å². The van der Waals surface area contributed by atoms with Crippen LogP contribution in [0.4, 0.5) is 5.69 Å². The van der Waals surface area contributed by atoms with E-state index in [2.05, 4.69) is 33.6 Å². The fourth-order valence-electron chi connectivity index (χ4n) is 1.49. The van der Waals surface area contributed by atoms with Crippen molar-refractivity contribution in [2.24, 2.45) is 0 Å². The van der Waals surface area contributed by atoms with Crippen molar-refractivity contribution in [3.8, 4) is 0 Å². The maximum absolute atomic E-state index is 11.5. The molecule has 0 aliphatic rings. The van der Waals surface area contributed by atoms with Crippen LogP contribution in [-0.2, 0) is 9.59 Å². The van der Waals surface area contributed by atoms with E-state index in [0.29, 0.717) is 12.2 Å². The topological polar surface area (TPSA) is 83.1 Å². The first-order valence-corrected chi connectivity index (χ1v) is 7.18. The van der Waals surface area contributed by atoms with Crippen molar-refractivity contribution in [3.63, 3.8) is 0 Å². The second kappa shape index (κ2) is 14.9. The molecule has 0 atom stereocenters. The van der Waals surface area contributed by atoms with Gasteiger partial charge in [0.2, 0.25) is 0 Å². The molecule has 22 heavy (non-hydrogen) atoms. The number of aromatic nitrogens is 1. The van der Waals surface area contributed by atoms with Gasteiger partial charge in [0.1, 0.15) is 0 Å². The first-order valence-electron chi connectivity index (χ1n) is 6.55. The molecule has 0 aliphatic heterocycles. The number of carbonyl (C=O) groups excluding carboxylic acids is 2. The van der Waals surface area contributed by atoms with E-state index in [0.717, 1.165) is 31.7 Å². The third kappa shape index (κ3) is 10.7. The highest BCUT2D eigenvalue weighted by atomic mass is 35.5. The number of carbonyl (C=O) groups is 2. The number of thiol groups is 1. The van der Waals surface area contributed by atoms with E-state index in [1.165, 1.54) is 6.20 Å². The second-order valence-corrected chi connectivity index (χ2v) is 4.58. The van der Waals surface area contributed by atoms with Gasteiger partial charge in [0.25, 0.3) is 0 Å². The van der Waals surface area contributed by atoms with Crippen molar-refractivity contribution in [2.75, 3.05) is 30.7 Å². The minimum absolute atomic E-state index is 0. The lowest BCUT2D eigenvalue weighted by molar-refractivity contribution is -0.136. The van der Waals surface area contributed by atoms with Gasteiger partial charge in [-0.2, -0.15) is 12.6 Å². The maximum Gasteiger partial charge on any atom is 0.313 e. The third-order valence-corrected chi connectivity index (χ3v) is 2.70. The van der Waals surface area contributed by atoms with Gasteiger partial charge in [-0.05, 0) is 31.5 Å². The van der Waals surface area contributed by atoms with Gasteiger partial charge in [-0.3, -0.25) is 14.6 Å². The molecule has 0 aliphatic carbocycles. The van der Waals surface area contributed by atoms with Crippen LogP contribution >= 0.6 is 37.4 Å². The summed E-state index contributed by atoms with van der Waals surface area (Å²) in [6, 6.07) is 3.36. The molecule has 2 amide bonds. The normalized spacial score (nSPS) is 9.14. The SMILES string of the molecule is Cl.Cl.O=C(NCCCCNCCS)C(=O)Nc1cccnc1. The number of amides is 2. The molecule has 0 bridgehead atoms. The molecule has 6 nitrogen and oxygen atoms in total. The summed E-state index contributed by atoms with van der Waals surface area (Å²) in [5.41, 5.74) is 0.503. The number of nitrogens with one attached hydrogen (secondary N) is 3. The molecular formula is C13H22Cl2N4O2S. The molecule has 0 saturated carbocycles. The van der Waals surface area contributed by atoms with Gasteiger partial charge in [-0.15, -0.1) is 24.8 Å². The molecule has 0 saturated heterocycles. The Kier molecular flexibility index (Phi) is 15.7. The number of unbranched alkanes of at least 4 members (excludes halogenated alkanes) is 1. The molecule has 1 aromatic rings. The summed E-state index contributed by atoms with van der Waals surface area (Å²) in [7, 11) is 0. The van der Waals surface area contributed by atoms with E-state index in [4.69, 9.17) is 0 Å². The summed E-state index contributed by atoms with van der Waals surface area (Å²) < 4.78 is 0. The number of hydrogen-bond donors (Lipinski definition) is 4. The van der Waals surface area contributed by atoms with Gasteiger partial charge < -0.3 is 16.0 Å². The maximum atomic E-state index is 11.5. The number of rotatable bonds is 8. The summed E-state index contributed by atoms with van der Waals surface area (Å²) in [5.74, 6) is -0.492. The van der Waals surface area contributed by atoms with E-state index >= 15 is 0 Å². The molecule has 126 valence electrons. The largest absolute Gasteiger partial charge is 0.348 e. The van der Waals surface area contributed by atoms with Gasteiger partial charge in [-0.1, -0.05) is 0 Å². The van der Waals surface area contributed by atoms with Crippen LogP contribution in [0.25, 0.3) is 0 Å². The molecule has 1 rings (SSSR count). The zero-order valence-corrected chi connectivity index (χ0v) is 14.6. The molecule has 1 heterocycles. The van der Waals surface area contributed by atoms with Crippen molar-refractivity contribution in [1.29, 1.82) is 0 Å². The second-order valence-electron chi connectivity index (χ2n) is 4.13. The summed E-state index contributed by atoms with van der Waals surface area (Å²) in [6.07, 6.45) is 4.85. The van der Waals surface area contributed by atoms with Crippen LogP contribution in [0.3, 0.4) is 0 Å². The Hall–Kier alpha value is -1.02. The number of nitrogens with zero attached hydrogens (tertiary/aromatic N) is 1. The van der Waals surface area contributed by atoms with Crippen LogP contribution in [0, 0.1) is 0 Å². The van der Waals surface area contributed by atoms with Gasteiger partial charge >= 0.3 is 11.8 Å². The van der Waals surface area contributed by atoms with Crippen molar-refractivity contribution in [3.05, 3.63) is 24.5 Å². The number of hydrogen-bond acceptors (Lipinski definition) is 5. The fourth-order valence-corrected chi connectivity index (χ4v) is 1.64. The fraction of sp³-hybridized carbons (Fsp3) is 0.462. The Morgan fingerprint density at radius 1 is 1.09 bits per heavy atom. The minimum Gasteiger partial charge on any atom is -0.348 e. The minimum atomic E-state index is -0.675. The van der Waals surface area contributed by atoms with Gasteiger partial charge in [-0.25, -0.2) is 0 Å². The van der Waals surface area contributed by atoms with E-state index in [1.807, 2.05) is 0 Å². The van der Waals surface area contributed by atoms with E-state index in [9.17, 15) is 9.59 Å². The highest BCUT2D eigenvalue weighted by Gasteiger charge is 2.12. The lowest BCUT2D eigenvalue weighted by Gasteiger charge is -2.06. The van der Waals surface area contributed by atoms with Gasteiger partial charge in [0.15, 0.2) is 0 Å². The number of anilines is 1. The molecule has 9 heteroatoms.